The third kappa shape index (κ3) is 3.31. The number of halogens is 1. The molecule has 4 nitrogen and oxygen atoms in total. The van der Waals surface area contributed by atoms with Crippen molar-refractivity contribution in [3.8, 4) is 0 Å². The van der Waals surface area contributed by atoms with Crippen LogP contribution in [-0.2, 0) is 11.3 Å². The first-order valence-corrected chi connectivity index (χ1v) is 11.8. The molecular formula is C24H33ClN2O2. The maximum atomic E-state index is 13.2. The van der Waals surface area contributed by atoms with Crippen LogP contribution >= 0.6 is 11.6 Å². The van der Waals surface area contributed by atoms with Gasteiger partial charge < -0.3 is 5.11 Å². The quantitative estimate of drug-likeness (QED) is 0.702. The molecule has 0 bridgehead atoms. The molecule has 0 spiro atoms. The van der Waals surface area contributed by atoms with Crippen molar-refractivity contribution < 1.29 is 9.90 Å². The molecule has 1 aromatic rings. The number of ketones is 1. The second-order valence-electron chi connectivity index (χ2n) is 10.8. The van der Waals surface area contributed by atoms with E-state index < -0.39 is 5.60 Å². The normalized spacial score (nSPS) is 43.9. The van der Waals surface area contributed by atoms with E-state index in [-0.39, 0.29) is 11.3 Å². The van der Waals surface area contributed by atoms with Crippen LogP contribution in [0.5, 0.6) is 0 Å². The molecule has 5 rings (SSSR count). The first-order valence-electron chi connectivity index (χ1n) is 11.4. The maximum absolute atomic E-state index is 13.2. The summed E-state index contributed by atoms with van der Waals surface area (Å²) in [4.78, 5) is 13.2. The molecule has 4 aliphatic carbocycles. The van der Waals surface area contributed by atoms with Crippen molar-refractivity contribution in [1.29, 1.82) is 0 Å². The summed E-state index contributed by atoms with van der Waals surface area (Å²) < 4.78 is 1.69. The van der Waals surface area contributed by atoms with E-state index in [1.165, 1.54) is 18.4 Å². The smallest absolute Gasteiger partial charge is 0.157 e. The van der Waals surface area contributed by atoms with Gasteiger partial charge in [0.2, 0.25) is 0 Å². The van der Waals surface area contributed by atoms with E-state index >= 15 is 0 Å². The Kier molecular flexibility index (Phi) is 4.75. The highest BCUT2D eigenvalue weighted by Gasteiger charge is 2.57. The lowest BCUT2D eigenvalue weighted by atomic mass is 9.51. The van der Waals surface area contributed by atoms with Crippen molar-refractivity contribution in [3.05, 3.63) is 29.1 Å². The first-order chi connectivity index (χ1) is 13.8. The van der Waals surface area contributed by atoms with Crippen molar-refractivity contribution in [2.45, 2.75) is 77.4 Å². The summed E-state index contributed by atoms with van der Waals surface area (Å²) in [6, 6.07) is 0. The minimum Gasteiger partial charge on any atom is -0.390 e. The van der Waals surface area contributed by atoms with E-state index in [2.05, 4.69) is 18.1 Å². The molecular weight excluding hydrogens is 384 g/mol. The zero-order valence-electron chi connectivity index (χ0n) is 17.6. The number of hydrogen-bond donors (Lipinski definition) is 1. The standard InChI is InChI=1S/C24H33ClN2O2/c1-23(29)9-7-17-15(11-23)3-4-19-18(17)8-10-24(2)20(19)5-6-21(24)22(28)14-27-13-16(25)12-26-27/h3,12-13,17-21,29H,4-11,14H2,1-2H3/t17-,18?,19+,20-,21+,23?,24-/m0/s1. The fourth-order valence-corrected chi connectivity index (χ4v) is 7.85. The summed E-state index contributed by atoms with van der Waals surface area (Å²) in [5.41, 5.74) is 1.13. The molecule has 4 aliphatic rings. The Morgan fingerprint density at radius 3 is 2.83 bits per heavy atom. The van der Waals surface area contributed by atoms with Crippen molar-refractivity contribution in [1.82, 2.24) is 9.78 Å². The van der Waals surface area contributed by atoms with Gasteiger partial charge in [0.1, 0.15) is 0 Å². The highest BCUT2D eigenvalue weighted by molar-refractivity contribution is 6.30. The monoisotopic (exact) mass is 416 g/mol. The molecule has 0 aromatic carbocycles. The van der Waals surface area contributed by atoms with E-state index in [0.717, 1.165) is 44.4 Å². The number of rotatable bonds is 3. The van der Waals surface area contributed by atoms with Crippen LogP contribution in [0.3, 0.4) is 0 Å². The summed E-state index contributed by atoms with van der Waals surface area (Å²) >= 11 is 5.98. The Morgan fingerprint density at radius 2 is 2.07 bits per heavy atom. The van der Waals surface area contributed by atoms with Gasteiger partial charge in [-0.15, -0.1) is 0 Å². The SMILES string of the molecule is CC1(O)CC[C@H]2C(=CC[C@@H]3C2CC[C@]2(C)[C@@H](C(=O)Cn4cc(Cl)cn4)CC[C@@H]32)C1. The van der Waals surface area contributed by atoms with Crippen LogP contribution < -0.4 is 0 Å². The molecule has 1 aromatic heterocycles. The van der Waals surface area contributed by atoms with Crippen LogP contribution in [0.4, 0.5) is 0 Å². The first kappa shape index (κ1) is 19.8. The zero-order chi connectivity index (χ0) is 20.4. The minimum absolute atomic E-state index is 0.126. The Balaban J connectivity index is 1.34. The van der Waals surface area contributed by atoms with Gasteiger partial charge in [0, 0.05) is 12.1 Å². The van der Waals surface area contributed by atoms with Gasteiger partial charge in [-0.05, 0) is 87.4 Å². The summed E-state index contributed by atoms with van der Waals surface area (Å²) in [7, 11) is 0. The lowest BCUT2D eigenvalue weighted by molar-refractivity contribution is -0.129. The van der Waals surface area contributed by atoms with E-state index in [4.69, 9.17) is 11.6 Å². The average molecular weight is 417 g/mol. The van der Waals surface area contributed by atoms with E-state index in [1.807, 2.05) is 6.92 Å². The van der Waals surface area contributed by atoms with Crippen molar-refractivity contribution >= 4 is 17.4 Å². The second kappa shape index (κ2) is 6.95. The summed E-state index contributed by atoms with van der Waals surface area (Å²) in [5.74, 6) is 3.25. The van der Waals surface area contributed by atoms with Gasteiger partial charge in [-0.3, -0.25) is 9.48 Å². The lowest BCUT2D eigenvalue weighted by Gasteiger charge is -2.54. The van der Waals surface area contributed by atoms with E-state index in [9.17, 15) is 9.90 Å². The Morgan fingerprint density at radius 1 is 1.24 bits per heavy atom. The molecule has 0 aliphatic heterocycles. The topological polar surface area (TPSA) is 55.1 Å². The number of aliphatic hydroxyl groups is 1. The fraction of sp³-hybridized carbons (Fsp3) is 0.750. The third-order valence-electron chi connectivity index (χ3n) is 9.02. The van der Waals surface area contributed by atoms with Gasteiger partial charge in [-0.2, -0.15) is 5.10 Å². The van der Waals surface area contributed by atoms with Crippen LogP contribution in [0.2, 0.25) is 5.02 Å². The minimum atomic E-state index is -0.515. The van der Waals surface area contributed by atoms with Crippen molar-refractivity contribution in [2.24, 2.45) is 35.0 Å². The van der Waals surface area contributed by atoms with E-state index in [0.29, 0.717) is 35.1 Å². The highest BCUT2D eigenvalue weighted by atomic mass is 35.5. The molecule has 3 fully saturated rings. The van der Waals surface area contributed by atoms with Gasteiger partial charge in [0.25, 0.3) is 0 Å². The molecule has 158 valence electrons. The number of carbonyl (C=O) groups excluding carboxylic acids is 1. The van der Waals surface area contributed by atoms with E-state index in [1.54, 1.807) is 17.1 Å². The van der Waals surface area contributed by atoms with Gasteiger partial charge in [0.05, 0.1) is 23.4 Å². The summed E-state index contributed by atoms with van der Waals surface area (Å²) in [6.45, 7) is 4.73. The number of fused-ring (bicyclic) bond motifs is 5. The number of carbonyl (C=O) groups is 1. The molecule has 1 N–H and O–H groups in total. The predicted octanol–water partition coefficient (Wildman–Crippen LogP) is 5.05. The van der Waals surface area contributed by atoms with Gasteiger partial charge >= 0.3 is 0 Å². The number of hydrogen-bond acceptors (Lipinski definition) is 3. The number of Topliss-reactive ketones (excluding diaryl/α,β-unsaturated/α-hetero) is 1. The molecule has 1 heterocycles. The Hall–Kier alpha value is -1.13. The van der Waals surface area contributed by atoms with Crippen LogP contribution in [-0.4, -0.2) is 26.3 Å². The Labute approximate surface area is 178 Å². The average Bonchev–Trinajstić information content (AvgIpc) is 3.22. The zero-order valence-corrected chi connectivity index (χ0v) is 18.4. The third-order valence-corrected chi connectivity index (χ3v) is 9.22. The molecule has 0 amide bonds. The molecule has 0 radical (unpaired) electrons. The summed E-state index contributed by atoms with van der Waals surface area (Å²) in [6.07, 6.45) is 14.5. The molecule has 2 unspecified atom stereocenters. The van der Waals surface area contributed by atoms with Crippen LogP contribution in [0.1, 0.15) is 65.2 Å². The molecule has 3 saturated carbocycles. The van der Waals surface area contributed by atoms with Gasteiger partial charge in [-0.1, -0.05) is 30.2 Å². The van der Waals surface area contributed by atoms with Crippen molar-refractivity contribution in [3.63, 3.8) is 0 Å². The predicted molar refractivity (Wildman–Crippen MR) is 113 cm³/mol. The van der Waals surface area contributed by atoms with Crippen molar-refractivity contribution in [2.75, 3.05) is 0 Å². The Bertz CT molecular complexity index is 844. The summed E-state index contributed by atoms with van der Waals surface area (Å²) in [5, 5.41) is 15.3. The fourth-order valence-electron chi connectivity index (χ4n) is 7.69. The van der Waals surface area contributed by atoms with Gasteiger partial charge in [-0.25, -0.2) is 0 Å². The largest absolute Gasteiger partial charge is 0.390 e. The maximum Gasteiger partial charge on any atom is 0.157 e. The lowest BCUT2D eigenvalue weighted by Crippen LogP contribution is -2.48. The highest BCUT2D eigenvalue weighted by Crippen LogP contribution is 2.63. The molecule has 5 heteroatoms. The molecule has 29 heavy (non-hydrogen) atoms. The van der Waals surface area contributed by atoms with Crippen LogP contribution in [0.15, 0.2) is 24.0 Å². The number of aromatic nitrogens is 2. The number of allylic oxidation sites excluding steroid dienone is 1. The molecule has 0 saturated heterocycles. The number of nitrogens with zero attached hydrogens (tertiary/aromatic N) is 2. The van der Waals surface area contributed by atoms with Gasteiger partial charge in [0.15, 0.2) is 5.78 Å². The molecule has 7 atom stereocenters. The van der Waals surface area contributed by atoms with Crippen LogP contribution in [0, 0.1) is 35.0 Å². The van der Waals surface area contributed by atoms with Crippen LogP contribution in [0.25, 0.3) is 0 Å². The second-order valence-corrected chi connectivity index (χ2v) is 11.2.